The lowest BCUT2D eigenvalue weighted by atomic mass is 9.92. The second kappa shape index (κ2) is 8.38. The van der Waals surface area contributed by atoms with Gasteiger partial charge in [-0.05, 0) is 50.2 Å². The van der Waals surface area contributed by atoms with E-state index in [1.165, 1.54) is 0 Å². The molecule has 2 amide bonds. The molecule has 5 nitrogen and oxygen atoms in total. The van der Waals surface area contributed by atoms with Gasteiger partial charge in [0.2, 0.25) is 0 Å². The summed E-state index contributed by atoms with van der Waals surface area (Å²) in [4.78, 5) is 14.4. The molecule has 2 N–H and O–H groups in total. The van der Waals surface area contributed by atoms with Crippen molar-refractivity contribution < 1.29 is 14.6 Å². The number of rotatable bonds is 5. The summed E-state index contributed by atoms with van der Waals surface area (Å²) in [6, 6.07) is 9.94. The Morgan fingerprint density at radius 1 is 1.21 bits per heavy atom. The Kier molecular flexibility index (Phi) is 5.96. The summed E-state index contributed by atoms with van der Waals surface area (Å²) in [6.07, 6.45) is 6.04. The number of aliphatic hydroxyl groups excluding tert-OH is 1. The average Bonchev–Trinajstić information content (AvgIpc) is 3.07. The summed E-state index contributed by atoms with van der Waals surface area (Å²) in [7, 11) is 0. The summed E-state index contributed by atoms with van der Waals surface area (Å²) >= 11 is 0. The van der Waals surface area contributed by atoms with E-state index >= 15 is 0 Å². The topological polar surface area (TPSA) is 61.8 Å². The number of hydrogen-bond donors (Lipinski definition) is 2. The minimum atomic E-state index is 0.0176. The minimum Gasteiger partial charge on any atom is -0.488 e. The van der Waals surface area contributed by atoms with Crippen LogP contribution >= 0.6 is 0 Å². The number of benzene rings is 1. The Hall–Kier alpha value is -1.75. The quantitative estimate of drug-likeness (QED) is 0.871. The number of nitrogens with one attached hydrogen (secondary N) is 1. The molecule has 1 aromatic rings. The van der Waals surface area contributed by atoms with Crippen LogP contribution in [-0.2, 0) is 0 Å². The number of carbonyl (C=O) groups excluding carboxylic acids is 1. The molecular formula is C19H28N2O3. The van der Waals surface area contributed by atoms with Gasteiger partial charge in [0.15, 0.2) is 0 Å². The van der Waals surface area contributed by atoms with E-state index in [1.54, 1.807) is 0 Å². The third-order valence-corrected chi connectivity index (χ3v) is 5.15. The normalized spacial score (nSPS) is 27.0. The molecule has 0 aromatic heterocycles. The maximum absolute atomic E-state index is 12.6. The fourth-order valence-corrected chi connectivity index (χ4v) is 3.76. The number of carbonyl (C=O) groups is 1. The van der Waals surface area contributed by atoms with E-state index in [1.807, 2.05) is 35.2 Å². The first-order valence-electron chi connectivity index (χ1n) is 9.14. The fraction of sp³-hybridized carbons (Fsp3) is 0.632. The van der Waals surface area contributed by atoms with Gasteiger partial charge in [0.1, 0.15) is 11.9 Å². The molecule has 5 heteroatoms. The average molecular weight is 332 g/mol. The van der Waals surface area contributed by atoms with E-state index in [9.17, 15) is 4.79 Å². The van der Waals surface area contributed by atoms with Crippen LogP contribution in [0.15, 0.2) is 30.3 Å². The predicted molar refractivity (Wildman–Crippen MR) is 93.0 cm³/mol. The molecule has 1 aliphatic heterocycles. The van der Waals surface area contributed by atoms with E-state index in [0.717, 1.165) is 57.4 Å². The summed E-state index contributed by atoms with van der Waals surface area (Å²) in [5, 5.41) is 12.2. The number of para-hydroxylation sites is 1. The van der Waals surface area contributed by atoms with Gasteiger partial charge in [-0.2, -0.15) is 0 Å². The van der Waals surface area contributed by atoms with Crippen molar-refractivity contribution in [3.63, 3.8) is 0 Å². The van der Waals surface area contributed by atoms with Crippen LogP contribution in [-0.4, -0.2) is 47.9 Å². The molecule has 0 spiro atoms. The summed E-state index contributed by atoms with van der Waals surface area (Å²) < 4.78 is 6.12. The molecule has 1 aromatic carbocycles. The number of ether oxygens (including phenoxy) is 1. The van der Waals surface area contributed by atoms with Gasteiger partial charge in [0.05, 0.1) is 6.04 Å². The van der Waals surface area contributed by atoms with Gasteiger partial charge in [0, 0.05) is 19.7 Å². The van der Waals surface area contributed by atoms with Crippen molar-refractivity contribution in [3.05, 3.63) is 30.3 Å². The highest BCUT2D eigenvalue weighted by molar-refractivity contribution is 5.75. The number of nitrogens with zero attached hydrogens (tertiary/aromatic N) is 1. The van der Waals surface area contributed by atoms with E-state index in [0.29, 0.717) is 5.92 Å². The smallest absolute Gasteiger partial charge is 0.317 e. The van der Waals surface area contributed by atoms with E-state index in [2.05, 4.69) is 5.32 Å². The molecule has 1 saturated heterocycles. The molecule has 0 bridgehead atoms. The van der Waals surface area contributed by atoms with Gasteiger partial charge >= 0.3 is 6.03 Å². The molecule has 1 heterocycles. The lowest BCUT2D eigenvalue weighted by Crippen LogP contribution is -2.51. The third kappa shape index (κ3) is 4.41. The van der Waals surface area contributed by atoms with Crippen LogP contribution in [0.1, 0.15) is 38.5 Å². The molecular weight excluding hydrogens is 304 g/mol. The molecule has 3 atom stereocenters. The Labute approximate surface area is 144 Å². The summed E-state index contributed by atoms with van der Waals surface area (Å²) in [5.41, 5.74) is 0. The standard InChI is InChI=1S/C19H28N2O3/c22-13-11-15-10-12-21(14-15)19(23)20-17-8-4-5-9-18(17)24-16-6-2-1-3-7-16/h1-3,6-7,15,17-18,22H,4-5,8-14H2,(H,20,23)/t15-,17+,18-/m0/s1. The Bertz CT molecular complexity index is 523. The van der Waals surface area contributed by atoms with Crippen LogP contribution < -0.4 is 10.1 Å². The Morgan fingerprint density at radius 2 is 2.00 bits per heavy atom. The zero-order valence-corrected chi connectivity index (χ0v) is 14.2. The van der Waals surface area contributed by atoms with Gasteiger partial charge in [-0.25, -0.2) is 4.79 Å². The first-order chi connectivity index (χ1) is 11.8. The summed E-state index contributed by atoms with van der Waals surface area (Å²) in [5.74, 6) is 1.30. The van der Waals surface area contributed by atoms with Crippen molar-refractivity contribution in [2.45, 2.75) is 50.7 Å². The van der Waals surface area contributed by atoms with E-state index < -0.39 is 0 Å². The van der Waals surface area contributed by atoms with Crippen LogP contribution in [0.25, 0.3) is 0 Å². The third-order valence-electron chi connectivity index (χ3n) is 5.15. The lowest BCUT2D eigenvalue weighted by molar-refractivity contribution is 0.111. The highest BCUT2D eigenvalue weighted by Crippen LogP contribution is 2.25. The zero-order chi connectivity index (χ0) is 16.8. The van der Waals surface area contributed by atoms with Crippen molar-refractivity contribution in [1.29, 1.82) is 0 Å². The van der Waals surface area contributed by atoms with Crippen molar-refractivity contribution in [3.8, 4) is 5.75 Å². The van der Waals surface area contributed by atoms with Gasteiger partial charge < -0.3 is 20.1 Å². The van der Waals surface area contributed by atoms with E-state index in [4.69, 9.17) is 9.84 Å². The Balaban J connectivity index is 1.55. The first kappa shape index (κ1) is 17.1. The molecule has 1 aliphatic carbocycles. The molecule has 3 rings (SSSR count). The molecule has 2 aliphatic rings. The van der Waals surface area contributed by atoms with Crippen LogP contribution in [0.4, 0.5) is 4.79 Å². The molecule has 1 saturated carbocycles. The Morgan fingerprint density at radius 3 is 2.79 bits per heavy atom. The monoisotopic (exact) mass is 332 g/mol. The molecule has 132 valence electrons. The van der Waals surface area contributed by atoms with Crippen LogP contribution in [0.5, 0.6) is 5.75 Å². The van der Waals surface area contributed by atoms with Crippen molar-refractivity contribution in [2.24, 2.45) is 5.92 Å². The predicted octanol–water partition coefficient (Wildman–Crippen LogP) is 2.79. The van der Waals surface area contributed by atoms with Gasteiger partial charge in [-0.1, -0.05) is 24.6 Å². The fourth-order valence-electron chi connectivity index (χ4n) is 3.76. The lowest BCUT2D eigenvalue weighted by Gasteiger charge is -2.33. The highest BCUT2D eigenvalue weighted by atomic mass is 16.5. The first-order valence-corrected chi connectivity index (χ1v) is 9.14. The maximum Gasteiger partial charge on any atom is 0.317 e. The molecule has 24 heavy (non-hydrogen) atoms. The van der Waals surface area contributed by atoms with Crippen LogP contribution in [0.2, 0.25) is 0 Å². The number of hydrogen-bond acceptors (Lipinski definition) is 3. The number of urea groups is 1. The number of likely N-dealkylation sites (tertiary alicyclic amines) is 1. The van der Waals surface area contributed by atoms with Crippen molar-refractivity contribution >= 4 is 6.03 Å². The summed E-state index contributed by atoms with van der Waals surface area (Å²) in [6.45, 7) is 1.74. The molecule has 0 unspecified atom stereocenters. The molecule has 0 radical (unpaired) electrons. The second-order valence-electron chi connectivity index (χ2n) is 6.92. The maximum atomic E-state index is 12.6. The number of amides is 2. The zero-order valence-electron chi connectivity index (χ0n) is 14.2. The van der Waals surface area contributed by atoms with Crippen LogP contribution in [0, 0.1) is 5.92 Å². The van der Waals surface area contributed by atoms with Crippen LogP contribution in [0.3, 0.4) is 0 Å². The molecule has 2 fully saturated rings. The second-order valence-corrected chi connectivity index (χ2v) is 6.92. The largest absolute Gasteiger partial charge is 0.488 e. The van der Waals surface area contributed by atoms with Crippen molar-refractivity contribution in [1.82, 2.24) is 10.2 Å². The van der Waals surface area contributed by atoms with E-state index in [-0.39, 0.29) is 24.8 Å². The van der Waals surface area contributed by atoms with Gasteiger partial charge in [-0.3, -0.25) is 0 Å². The van der Waals surface area contributed by atoms with Gasteiger partial charge in [-0.15, -0.1) is 0 Å². The minimum absolute atomic E-state index is 0.0176. The van der Waals surface area contributed by atoms with Crippen molar-refractivity contribution in [2.75, 3.05) is 19.7 Å². The SMILES string of the molecule is O=C(N[C@@H]1CCCC[C@@H]1Oc1ccccc1)N1CC[C@@H](CCO)C1. The highest BCUT2D eigenvalue weighted by Gasteiger charge is 2.32. The number of aliphatic hydroxyl groups is 1. The van der Waals surface area contributed by atoms with Gasteiger partial charge in [0.25, 0.3) is 0 Å².